The molecule has 0 aliphatic heterocycles. The summed E-state index contributed by atoms with van der Waals surface area (Å²) < 4.78 is 9.93. The number of rotatable bonds is 8. The van der Waals surface area contributed by atoms with Crippen LogP contribution in [-0.2, 0) is 14.3 Å². The van der Waals surface area contributed by atoms with Crippen LogP contribution in [0.15, 0.2) is 24.5 Å². The highest BCUT2D eigenvalue weighted by Gasteiger charge is 2.04. The fourth-order valence-corrected chi connectivity index (χ4v) is 1.46. The number of hydrogen-bond donors (Lipinski definition) is 1. The van der Waals surface area contributed by atoms with Gasteiger partial charge >= 0.3 is 5.97 Å². The number of esters is 1. The van der Waals surface area contributed by atoms with Crippen molar-refractivity contribution in [3.05, 3.63) is 30.1 Å². The summed E-state index contributed by atoms with van der Waals surface area (Å²) in [4.78, 5) is 15.0. The van der Waals surface area contributed by atoms with Gasteiger partial charge in [0, 0.05) is 25.0 Å². The van der Waals surface area contributed by atoms with E-state index in [2.05, 4.69) is 17.2 Å². The van der Waals surface area contributed by atoms with Crippen LogP contribution in [-0.4, -0.2) is 37.3 Å². The van der Waals surface area contributed by atoms with Crippen molar-refractivity contribution in [3.63, 3.8) is 0 Å². The second-order valence-electron chi connectivity index (χ2n) is 3.82. The molecule has 1 N–H and O–H groups in total. The Bertz CT molecular complexity index is 343. The van der Waals surface area contributed by atoms with E-state index in [9.17, 15) is 4.79 Å². The number of carbonyl (C=O) groups is 1. The Labute approximate surface area is 108 Å². The number of ether oxygens (including phenoxy) is 2. The van der Waals surface area contributed by atoms with Crippen molar-refractivity contribution in [1.82, 2.24) is 10.3 Å². The molecule has 0 saturated heterocycles. The molecular weight excluding hydrogens is 232 g/mol. The third-order valence-electron chi connectivity index (χ3n) is 2.41. The van der Waals surface area contributed by atoms with Gasteiger partial charge in [0.1, 0.15) is 6.61 Å². The zero-order valence-corrected chi connectivity index (χ0v) is 10.9. The summed E-state index contributed by atoms with van der Waals surface area (Å²) in [5, 5.41) is 3.29. The first-order valence-electron chi connectivity index (χ1n) is 6.10. The summed E-state index contributed by atoms with van der Waals surface area (Å²) in [7, 11) is 0. The first-order valence-corrected chi connectivity index (χ1v) is 6.10. The standard InChI is InChI=1S/C13H20N2O3/c1-3-18-13(16)10-17-8-7-15-11(2)12-5-4-6-14-9-12/h4-6,9,11,15H,3,7-8,10H2,1-2H3/t11-/m1/s1. The largest absolute Gasteiger partial charge is 0.464 e. The zero-order valence-electron chi connectivity index (χ0n) is 10.9. The zero-order chi connectivity index (χ0) is 13.2. The minimum Gasteiger partial charge on any atom is -0.464 e. The summed E-state index contributed by atoms with van der Waals surface area (Å²) in [6, 6.07) is 4.14. The van der Waals surface area contributed by atoms with Crippen molar-refractivity contribution in [2.24, 2.45) is 0 Å². The van der Waals surface area contributed by atoms with Crippen molar-refractivity contribution in [1.29, 1.82) is 0 Å². The smallest absolute Gasteiger partial charge is 0.332 e. The maximum absolute atomic E-state index is 11.0. The molecular formula is C13H20N2O3. The molecule has 0 amide bonds. The molecule has 1 aromatic rings. The van der Waals surface area contributed by atoms with E-state index in [0.29, 0.717) is 19.8 Å². The van der Waals surface area contributed by atoms with Gasteiger partial charge in [0.2, 0.25) is 0 Å². The highest BCUT2D eigenvalue weighted by Crippen LogP contribution is 2.08. The number of nitrogens with one attached hydrogen (secondary N) is 1. The van der Waals surface area contributed by atoms with Gasteiger partial charge in [0.05, 0.1) is 13.2 Å². The van der Waals surface area contributed by atoms with Crippen molar-refractivity contribution in [2.75, 3.05) is 26.4 Å². The van der Waals surface area contributed by atoms with Gasteiger partial charge in [-0.1, -0.05) is 6.07 Å². The van der Waals surface area contributed by atoms with E-state index in [1.807, 2.05) is 18.3 Å². The normalized spacial score (nSPS) is 12.1. The Kier molecular flexibility index (Phi) is 6.98. The fourth-order valence-electron chi connectivity index (χ4n) is 1.46. The fraction of sp³-hybridized carbons (Fsp3) is 0.538. The summed E-state index contributed by atoms with van der Waals surface area (Å²) in [6.45, 7) is 5.38. The van der Waals surface area contributed by atoms with Crippen molar-refractivity contribution in [2.45, 2.75) is 19.9 Å². The van der Waals surface area contributed by atoms with Gasteiger partial charge in [0.25, 0.3) is 0 Å². The lowest BCUT2D eigenvalue weighted by atomic mass is 10.1. The van der Waals surface area contributed by atoms with Crippen LogP contribution in [0.1, 0.15) is 25.5 Å². The summed E-state index contributed by atoms with van der Waals surface area (Å²) >= 11 is 0. The molecule has 0 bridgehead atoms. The van der Waals surface area contributed by atoms with Crippen LogP contribution in [0.2, 0.25) is 0 Å². The van der Waals surface area contributed by atoms with E-state index in [4.69, 9.17) is 9.47 Å². The van der Waals surface area contributed by atoms with Gasteiger partial charge in [-0.25, -0.2) is 4.79 Å². The van der Waals surface area contributed by atoms with Crippen LogP contribution in [0.4, 0.5) is 0 Å². The van der Waals surface area contributed by atoms with Gasteiger partial charge in [-0.3, -0.25) is 4.98 Å². The Hall–Kier alpha value is -1.46. The molecule has 1 aromatic heterocycles. The summed E-state index contributed by atoms with van der Waals surface area (Å²) in [5.41, 5.74) is 1.13. The molecule has 5 heteroatoms. The monoisotopic (exact) mass is 252 g/mol. The molecule has 0 radical (unpaired) electrons. The molecule has 0 aliphatic carbocycles. The lowest BCUT2D eigenvalue weighted by molar-refractivity contribution is -0.148. The molecule has 0 aliphatic rings. The minimum absolute atomic E-state index is 0.0107. The number of aromatic nitrogens is 1. The minimum atomic E-state index is -0.321. The maximum Gasteiger partial charge on any atom is 0.332 e. The third-order valence-corrected chi connectivity index (χ3v) is 2.41. The van der Waals surface area contributed by atoms with E-state index in [0.717, 1.165) is 5.56 Å². The number of hydrogen-bond acceptors (Lipinski definition) is 5. The van der Waals surface area contributed by atoms with Crippen LogP contribution in [0.5, 0.6) is 0 Å². The second-order valence-corrected chi connectivity index (χ2v) is 3.82. The van der Waals surface area contributed by atoms with E-state index in [1.165, 1.54) is 0 Å². The average molecular weight is 252 g/mol. The van der Waals surface area contributed by atoms with Gasteiger partial charge in [-0.15, -0.1) is 0 Å². The molecule has 1 atom stereocenters. The Balaban J connectivity index is 2.09. The number of pyridine rings is 1. The summed E-state index contributed by atoms with van der Waals surface area (Å²) in [6.07, 6.45) is 3.58. The molecule has 1 rings (SSSR count). The van der Waals surface area contributed by atoms with Gasteiger partial charge in [-0.05, 0) is 25.5 Å². The first kappa shape index (κ1) is 14.6. The van der Waals surface area contributed by atoms with E-state index < -0.39 is 0 Å². The highest BCUT2D eigenvalue weighted by atomic mass is 16.6. The van der Waals surface area contributed by atoms with Crippen LogP contribution in [0.25, 0.3) is 0 Å². The molecule has 1 heterocycles. The highest BCUT2D eigenvalue weighted by molar-refractivity contribution is 5.70. The van der Waals surface area contributed by atoms with E-state index in [-0.39, 0.29) is 18.6 Å². The van der Waals surface area contributed by atoms with Gasteiger partial charge < -0.3 is 14.8 Å². The van der Waals surface area contributed by atoms with E-state index in [1.54, 1.807) is 13.1 Å². The summed E-state index contributed by atoms with van der Waals surface area (Å²) in [5.74, 6) is -0.321. The molecule has 0 saturated carbocycles. The average Bonchev–Trinajstić information content (AvgIpc) is 2.39. The quantitative estimate of drug-likeness (QED) is 0.558. The molecule has 0 fully saturated rings. The third kappa shape index (κ3) is 5.75. The number of nitrogens with zero attached hydrogens (tertiary/aromatic N) is 1. The predicted octanol–water partition coefficient (Wildman–Crippen LogP) is 1.31. The maximum atomic E-state index is 11.0. The lowest BCUT2D eigenvalue weighted by Crippen LogP contribution is -2.24. The predicted molar refractivity (Wildman–Crippen MR) is 68.1 cm³/mol. The van der Waals surface area contributed by atoms with Gasteiger partial charge in [-0.2, -0.15) is 0 Å². The molecule has 0 unspecified atom stereocenters. The Morgan fingerprint density at radius 3 is 3.06 bits per heavy atom. The van der Waals surface area contributed by atoms with Gasteiger partial charge in [0.15, 0.2) is 0 Å². The van der Waals surface area contributed by atoms with Crippen molar-refractivity contribution >= 4 is 5.97 Å². The van der Waals surface area contributed by atoms with Crippen LogP contribution in [0.3, 0.4) is 0 Å². The molecule has 0 aromatic carbocycles. The van der Waals surface area contributed by atoms with Crippen LogP contribution >= 0.6 is 0 Å². The molecule has 100 valence electrons. The van der Waals surface area contributed by atoms with Crippen molar-refractivity contribution in [3.8, 4) is 0 Å². The first-order chi connectivity index (χ1) is 8.74. The SMILES string of the molecule is CCOC(=O)COCCN[C@H](C)c1cccnc1. The molecule has 18 heavy (non-hydrogen) atoms. The van der Waals surface area contributed by atoms with Crippen molar-refractivity contribution < 1.29 is 14.3 Å². The van der Waals surface area contributed by atoms with Crippen LogP contribution < -0.4 is 5.32 Å². The lowest BCUT2D eigenvalue weighted by Gasteiger charge is -2.13. The van der Waals surface area contributed by atoms with E-state index >= 15 is 0 Å². The Morgan fingerprint density at radius 1 is 1.56 bits per heavy atom. The molecule has 5 nitrogen and oxygen atoms in total. The second kappa shape index (κ2) is 8.60. The molecule has 0 spiro atoms. The number of carbonyl (C=O) groups excluding carboxylic acids is 1. The van der Waals surface area contributed by atoms with Crippen LogP contribution in [0, 0.1) is 0 Å². The topological polar surface area (TPSA) is 60.5 Å². The Morgan fingerprint density at radius 2 is 2.39 bits per heavy atom.